The van der Waals surface area contributed by atoms with Gasteiger partial charge in [0, 0.05) is 0 Å². The first-order valence-corrected chi connectivity index (χ1v) is 4.83. The highest BCUT2D eigenvalue weighted by molar-refractivity contribution is 7.95. The molecule has 0 radical (unpaired) electrons. The first kappa shape index (κ1) is 10.9. The van der Waals surface area contributed by atoms with Crippen molar-refractivity contribution in [1.82, 2.24) is 0 Å². The van der Waals surface area contributed by atoms with Crippen LogP contribution < -0.4 is 5.14 Å². The van der Waals surface area contributed by atoms with Crippen LogP contribution in [0, 0.1) is 5.92 Å². The summed E-state index contributed by atoms with van der Waals surface area (Å²) in [5.74, 6) is 0.802. The van der Waals surface area contributed by atoms with E-state index in [0.29, 0.717) is 0 Å². The van der Waals surface area contributed by atoms with Gasteiger partial charge in [0.05, 0.1) is 18.7 Å². The Balaban J connectivity index is 2.96. The van der Waals surface area contributed by atoms with Crippen LogP contribution in [0.1, 0.15) is 33.1 Å². The molecule has 0 aromatic heterocycles. The number of nitrogens with two attached hydrogens (primary N) is 1. The Kier molecular flexibility index (Phi) is 7.95. The predicted molar refractivity (Wildman–Crippen MR) is 50.2 cm³/mol. The zero-order valence-corrected chi connectivity index (χ0v) is 8.10. The van der Waals surface area contributed by atoms with Gasteiger partial charge in [-0.3, -0.25) is 5.14 Å². The van der Waals surface area contributed by atoms with E-state index < -0.39 is 0 Å². The average Bonchev–Trinajstić information content (AvgIpc) is 1.96. The van der Waals surface area contributed by atoms with Gasteiger partial charge in [-0.05, 0) is 12.3 Å². The molecule has 0 aliphatic heterocycles. The fraction of sp³-hybridized carbons (Fsp3) is 1.00. The molecule has 0 atom stereocenters. The van der Waals surface area contributed by atoms with E-state index in [4.69, 9.17) is 5.14 Å². The minimum atomic E-state index is 0.802. The highest BCUT2D eigenvalue weighted by atomic mass is 32.2. The maximum absolute atomic E-state index is 5.05. The number of hydrogen-bond donors (Lipinski definition) is 1. The molecule has 0 amide bonds. The van der Waals surface area contributed by atoms with Crippen molar-refractivity contribution < 1.29 is 0 Å². The Labute approximate surface area is 73.1 Å². The molecule has 0 heterocycles. The van der Waals surface area contributed by atoms with Crippen molar-refractivity contribution >= 4 is 12.1 Å². The molecule has 0 unspecified atom stereocenters. The van der Waals surface area contributed by atoms with E-state index >= 15 is 0 Å². The molecule has 0 fully saturated rings. The second-order valence-corrected chi connectivity index (χ2v) is 3.32. The SMILES string of the molecule is CC(C)CCCCN=NSN. The summed E-state index contributed by atoms with van der Waals surface area (Å²) in [5.41, 5.74) is 0. The molecule has 0 rings (SSSR count). The van der Waals surface area contributed by atoms with Gasteiger partial charge in [0.25, 0.3) is 0 Å². The number of nitrogens with zero attached hydrogens (tertiary/aromatic N) is 2. The lowest BCUT2D eigenvalue weighted by Crippen LogP contribution is -1.88. The maximum Gasteiger partial charge on any atom is 0.0792 e. The van der Waals surface area contributed by atoms with Gasteiger partial charge in [-0.15, -0.1) is 4.52 Å². The van der Waals surface area contributed by atoms with Gasteiger partial charge in [-0.25, -0.2) is 0 Å². The topological polar surface area (TPSA) is 50.7 Å². The second-order valence-electron chi connectivity index (χ2n) is 2.94. The third kappa shape index (κ3) is 9.91. The first-order valence-electron chi connectivity index (χ1n) is 4.00. The number of hydrogen-bond acceptors (Lipinski definition) is 4. The number of rotatable bonds is 6. The van der Waals surface area contributed by atoms with E-state index in [1.807, 2.05) is 0 Å². The van der Waals surface area contributed by atoms with Crippen LogP contribution in [0.15, 0.2) is 9.63 Å². The van der Waals surface area contributed by atoms with Gasteiger partial charge in [0.2, 0.25) is 0 Å². The quantitative estimate of drug-likeness (QED) is 0.383. The fourth-order valence-electron chi connectivity index (χ4n) is 0.809. The standard InChI is InChI=1S/C7H17N3S/c1-7(2)5-3-4-6-9-10-11-8/h7H,3-6,8H2,1-2H3. The van der Waals surface area contributed by atoms with Crippen molar-refractivity contribution in [2.24, 2.45) is 20.7 Å². The van der Waals surface area contributed by atoms with Crippen LogP contribution in [-0.2, 0) is 0 Å². The Bertz CT molecular complexity index is 104. The Morgan fingerprint density at radius 2 is 2.09 bits per heavy atom. The molecule has 0 saturated carbocycles. The molecule has 0 aromatic carbocycles. The van der Waals surface area contributed by atoms with E-state index in [1.165, 1.54) is 12.8 Å². The summed E-state index contributed by atoms with van der Waals surface area (Å²) in [7, 11) is 0. The summed E-state index contributed by atoms with van der Waals surface area (Å²) < 4.78 is 3.61. The Morgan fingerprint density at radius 1 is 1.36 bits per heavy atom. The molecular weight excluding hydrogens is 158 g/mol. The first-order chi connectivity index (χ1) is 5.27. The lowest BCUT2D eigenvalue weighted by Gasteiger charge is -2.00. The maximum atomic E-state index is 5.05. The number of unbranched alkanes of at least 4 members (excludes halogenated alkanes) is 1. The van der Waals surface area contributed by atoms with Gasteiger partial charge >= 0.3 is 0 Å². The molecule has 0 aliphatic rings. The molecule has 0 aliphatic carbocycles. The third-order valence-electron chi connectivity index (χ3n) is 1.39. The summed E-state index contributed by atoms with van der Waals surface area (Å²) in [5, 5.41) is 8.90. The van der Waals surface area contributed by atoms with Crippen LogP contribution in [0.25, 0.3) is 0 Å². The van der Waals surface area contributed by atoms with Crippen molar-refractivity contribution in [1.29, 1.82) is 0 Å². The molecule has 4 heteroatoms. The second kappa shape index (κ2) is 8.01. The van der Waals surface area contributed by atoms with E-state index in [9.17, 15) is 0 Å². The van der Waals surface area contributed by atoms with Crippen molar-refractivity contribution in [3.63, 3.8) is 0 Å². The molecule has 0 saturated heterocycles. The van der Waals surface area contributed by atoms with Crippen LogP contribution in [-0.4, -0.2) is 6.54 Å². The van der Waals surface area contributed by atoms with Crippen LogP contribution >= 0.6 is 12.1 Å². The Morgan fingerprint density at radius 3 is 2.64 bits per heavy atom. The van der Waals surface area contributed by atoms with Crippen molar-refractivity contribution in [3.8, 4) is 0 Å². The molecule has 3 nitrogen and oxygen atoms in total. The molecular formula is C7H17N3S. The molecule has 0 spiro atoms. The van der Waals surface area contributed by atoms with Gasteiger partial charge in [-0.1, -0.05) is 26.7 Å². The normalized spacial score (nSPS) is 11.6. The highest BCUT2D eigenvalue weighted by Gasteiger charge is 1.92. The summed E-state index contributed by atoms with van der Waals surface area (Å²) >= 11 is 0.924. The average molecular weight is 175 g/mol. The van der Waals surface area contributed by atoms with Crippen molar-refractivity contribution in [2.45, 2.75) is 33.1 Å². The molecule has 66 valence electrons. The van der Waals surface area contributed by atoms with Crippen molar-refractivity contribution in [2.75, 3.05) is 6.54 Å². The van der Waals surface area contributed by atoms with Gasteiger partial charge < -0.3 is 0 Å². The smallest absolute Gasteiger partial charge is 0.0792 e. The lowest BCUT2D eigenvalue weighted by atomic mass is 10.1. The molecule has 0 aromatic rings. The van der Waals surface area contributed by atoms with Gasteiger partial charge in [0.1, 0.15) is 0 Å². The van der Waals surface area contributed by atoms with Crippen LogP contribution in [0.3, 0.4) is 0 Å². The van der Waals surface area contributed by atoms with E-state index in [0.717, 1.165) is 31.0 Å². The van der Waals surface area contributed by atoms with E-state index in [2.05, 4.69) is 23.5 Å². The summed E-state index contributed by atoms with van der Waals surface area (Å²) in [4.78, 5) is 0. The predicted octanol–water partition coefficient (Wildman–Crippen LogP) is 2.79. The lowest BCUT2D eigenvalue weighted by molar-refractivity contribution is 0.540. The zero-order chi connectivity index (χ0) is 8.53. The van der Waals surface area contributed by atoms with Crippen molar-refractivity contribution in [3.05, 3.63) is 0 Å². The molecule has 11 heavy (non-hydrogen) atoms. The van der Waals surface area contributed by atoms with Gasteiger partial charge in [0.15, 0.2) is 0 Å². The molecule has 2 N–H and O–H groups in total. The fourth-order valence-corrected chi connectivity index (χ4v) is 0.958. The molecule has 0 bridgehead atoms. The summed E-state index contributed by atoms with van der Waals surface area (Å²) in [6.07, 6.45) is 3.65. The summed E-state index contributed by atoms with van der Waals surface area (Å²) in [6, 6.07) is 0. The van der Waals surface area contributed by atoms with E-state index in [-0.39, 0.29) is 0 Å². The zero-order valence-electron chi connectivity index (χ0n) is 7.29. The van der Waals surface area contributed by atoms with Crippen LogP contribution in [0.5, 0.6) is 0 Å². The Hall–Kier alpha value is -0.0900. The minimum Gasteiger partial charge on any atom is -0.256 e. The minimum absolute atomic E-state index is 0.802. The monoisotopic (exact) mass is 175 g/mol. The largest absolute Gasteiger partial charge is 0.256 e. The van der Waals surface area contributed by atoms with Crippen LogP contribution in [0.4, 0.5) is 0 Å². The summed E-state index contributed by atoms with van der Waals surface area (Å²) in [6.45, 7) is 5.28. The third-order valence-corrected chi connectivity index (χ3v) is 1.60. The van der Waals surface area contributed by atoms with Gasteiger partial charge in [-0.2, -0.15) is 5.11 Å². The van der Waals surface area contributed by atoms with E-state index in [1.54, 1.807) is 0 Å². The van der Waals surface area contributed by atoms with Crippen LogP contribution in [0.2, 0.25) is 0 Å². The highest BCUT2D eigenvalue weighted by Crippen LogP contribution is 2.06.